The van der Waals surface area contributed by atoms with Crippen LogP contribution in [0.1, 0.15) is 97.5 Å². The molecule has 5 unspecified atom stereocenters. The van der Waals surface area contributed by atoms with Crippen LogP contribution in [0.5, 0.6) is 0 Å². The van der Waals surface area contributed by atoms with Gasteiger partial charge in [-0.2, -0.15) is 68.8 Å². The number of halogens is 10. The zero-order chi connectivity index (χ0) is 87.9. The van der Waals surface area contributed by atoms with Crippen molar-refractivity contribution in [3.05, 3.63) is 114 Å². The molecule has 5 aliphatic heterocycles. The minimum Gasteiger partial charge on any atom is -0.453 e. The van der Waals surface area contributed by atoms with Crippen LogP contribution < -0.4 is 55.9 Å². The standard InChI is InChI=1S/C17H23F2N3O5.C11H13F2N3O5.C11H13F2N3O4.C9H11F2N3O4.C9H11F2N3O3.3CH4O/c1-8(2)13(23)20-11-6-7-22(16(25)21-11)15-17(18,19)12(10(5)26-15)27-14(24)9(3)4;1-5(18)14-7-2-3-16(10(20)15-7)9-11(12,13)8(19)6(4-17)21-9;1-5-8(18)11(12,13)9(20-5)16-4-3-7(14-6(2)17)15-10(16)19;10-9(11)6(16)4(3-15)18-7(9)14-2-1-5(12)13-8(14)17;1-4-6(15)9(10,11)7(17-4)14-3-2-5(12)13-8(14)16;3*1-2/h6-10,12,15H,1-5H3,(H,20,21,23,25);2-3,6,8-9,17,19H,4H2,1H3,(H,14,15,18,20);3-5,8-9,18H,1-2H3,(H,14,15,17,19);1-2,4,6-7,15-16H,3H2,(H2,12,13,17);2-4,6-7,15H,1H3,(H2,12,13,16);3*2H,1H3/t10-,12?,15-;6-,8?,9-;5-,8?,9-;2*4-,6?,7-;;;/m11111.../s1/i5D;;1D;;1D;3*2T. The van der Waals surface area contributed by atoms with Gasteiger partial charge in [0.15, 0.2) is 18.3 Å². The van der Waals surface area contributed by atoms with Gasteiger partial charge in [0.1, 0.15) is 59.6 Å². The fourth-order valence-corrected chi connectivity index (χ4v) is 9.39. The number of nitrogens with zero attached hydrogens (tertiary/aromatic N) is 10. The molecule has 15 atom stereocenters. The third-order valence-corrected chi connectivity index (χ3v) is 14.8. The van der Waals surface area contributed by atoms with Gasteiger partial charge in [0.2, 0.25) is 53.2 Å². The molecule has 16 N–H and O–H groups in total. The lowest BCUT2D eigenvalue weighted by Gasteiger charge is -2.24. The Morgan fingerprint density at radius 3 is 1.02 bits per heavy atom. The maximum Gasteiger partial charge on any atom is 0.351 e. The van der Waals surface area contributed by atoms with E-state index in [9.17, 15) is 107 Å². The molecule has 49 heteroatoms. The smallest absolute Gasteiger partial charge is 0.351 e. The number of hydrogen-bond donors (Lipinski definition) is 14. The molecule has 10 rings (SSSR count). The fraction of sp³-hybridized carbons (Fsp3) is 0.600. The Balaban J connectivity index is 0.000000365. The van der Waals surface area contributed by atoms with E-state index in [0.29, 0.717) is 22.8 Å². The minimum atomic E-state index is -3.77. The summed E-state index contributed by atoms with van der Waals surface area (Å²) < 4.78 is 211. The van der Waals surface area contributed by atoms with E-state index >= 15 is 0 Å². The van der Waals surface area contributed by atoms with Gasteiger partial charge in [-0.05, 0) is 51.0 Å². The van der Waals surface area contributed by atoms with Crippen LogP contribution in [0.3, 0.4) is 0 Å². The molecule has 0 aliphatic carbocycles. The molecule has 109 heavy (non-hydrogen) atoms. The van der Waals surface area contributed by atoms with Crippen molar-refractivity contribution < 1.29 is 142 Å². The second kappa shape index (κ2) is 39.3. The molecule has 612 valence electrons. The van der Waals surface area contributed by atoms with E-state index in [0.717, 1.165) is 49.2 Å². The van der Waals surface area contributed by atoms with Crippen molar-refractivity contribution in [3.63, 3.8) is 0 Å². The molecule has 39 nitrogen and oxygen atoms in total. The largest absolute Gasteiger partial charge is 0.453 e. The fourth-order valence-electron chi connectivity index (χ4n) is 9.39. The van der Waals surface area contributed by atoms with Gasteiger partial charge < -0.3 is 102 Å². The van der Waals surface area contributed by atoms with Crippen LogP contribution in [0.15, 0.2) is 85.3 Å². The van der Waals surface area contributed by atoms with Crippen LogP contribution in [0.4, 0.5) is 73.0 Å². The lowest BCUT2D eigenvalue weighted by molar-refractivity contribution is -0.179. The Morgan fingerprint density at radius 1 is 0.486 bits per heavy atom. The monoisotopic (exact) mass is 1600 g/mol. The quantitative estimate of drug-likeness (QED) is 0.0468. The zero-order valence-electron chi connectivity index (χ0n) is 64.6. The highest BCUT2D eigenvalue weighted by atomic mass is 19.3. The number of aliphatic hydroxyl groups excluding tert-OH is 9. The highest BCUT2D eigenvalue weighted by molar-refractivity contribution is 5.91. The Kier molecular flexibility index (Phi) is 30.2. The molecule has 0 spiro atoms. The van der Waals surface area contributed by atoms with Gasteiger partial charge in [-0.1, -0.05) is 27.7 Å². The topological polar surface area (TPSA) is 568 Å². The average Bonchev–Trinajstić information content (AvgIpc) is 1.67. The van der Waals surface area contributed by atoms with Crippen molar-refractivity contribution in [2.75, 3.05) is 62.0 Å². The molecule has 0 aromatic carbocycles. The number of ether oxygens (including phenoxy) is 6. The summed E-state index contributed by atoms with van der Waals surface area (Å²) in [6.07, 6.45) is -23.1. The molecule has 0 bridgehead atoms. The molecular weight excluding hydrogens is 1500 g/mol. The molecule has 5 saturated heterocycles. The van der Waals surface area contributed by atoms with E-state index in [4.69, 9.17) is 58.5 Å². The van der Waals surface area contributed by atoms with E-state index < -0.39 is 208 Å². The molecular formula is C60H83F10N15O24. The van der Waals surface area contributed by atoms with Crippen LogP contribution >= 0.6 is 0 Å². The van der Waals surface area contributed by atoms with Crippen molar-refractivity contribution in [1.82, 2.24) is 47.8 Å². The molecule has 5 aliphatic rings. The SMILES string of the molecule is CC(=O)Nc1ccn([C@@H]2O[C@H](CO)C(O)C2(F)F)c(=O)n1.Nc1ccn([C@@H]2O[C@H](CO)C(O)C2(F)F)c(=O)n1.[2H]C[C@H]1O[C@@H](n2ccc(N)nc2=O)C(F)(F)C1O.[2H]C[C@H]1O[C@@H](n2ccc(NC(=O)C(C)C)nc2=O)C(F)(F)C1OC(=O)C(C)C.[2H]C[C@H]1O[C@@H](n2ccc(NC(C)=O)nc2=O)C(F)(F)C1O.[3H]OC.[3H]OC.[3H]OC. The number of carbonyl (C=O) groups is 4. The summed E-state index contributed by atoms with van der Waals surface area (Å²) in [5.41, 5.74) is 5.22. The minimum absolute atomic E-state index is 0.0809. The predicted molar refractivity (Wildman–Crippen MR) is 352 cm³/mol. The number of anilines is 5. The summed E-state index contributed by atoms with van der Waals surface area (Å²) in [7, 11) is 3.88. The average molecular weight is 1600 g/mol. The number of aromatic nitrogens is 10. The summed E-state index contributed by atoms with van der Waals surface area (Å²) in [5, 5.41) is 72.5. The maximum atomic E-state index is 14.9. The van der Waals surface area contributed by atoms with E-state index in [1.807, 2.05) is 0 Å². The molecule has 0 radical (unpaired) electrons. The summed E-state index contributed by atoms with van der Waals surface area (Å²) in [6, 6.07) is 5.80. The number of nitrogen functional groups attached to an aromatic ring is 2. The van der Waals surface area contributed by atoms with Crippen molar-refractivity contribution in [2.45, 2.75) is 184 Å². The van der Waals surface area contributed by atoms with Crippen LogP contribution in [-0.4, -0.2) is 247 Å². The van der Waals surface area contributed by atoms with E-state index in [2.05, 4.69) is 56.2 Å². The molecule has 5 aromatic heterocycles. The van der Waals surface area contributed by atoms with E-state index in [-0.39, 0.29) is 40.9 Å². The number of hydrogen-bond acceptors (Lipinski definition) is 31. The number of carbonyl (C=O) groups excluding carboxylic acids is 4. The van der Waals surface area contributed by atoms with Gasteiger partial charge in [0, 0.05) is 76.2 Å². The Bertz CT molecular complexity index is 4130. The van der Waals surface area contributed by atoms with Gasteiger partial charge in [-0.15, -0.1) is 0 Å². The summed E-state index contributed by atoms with van der Waals surface area (Å²) in [5.74, 6) is -22.3. The third-order valence-electron chi connectivity index (χ3n) is 14.8. The first kappa shape index (κ1) is 83.7. The van der Waals surface area contributed by atoms with Crippen molar-refractivity contribution >= 4 is 52.8 Å². The van der Waals surface area contributed by atoms with Crippen molar-refractivity contribution in [2.24, 2.45) is 11.8 Å². The number of nitrogens with two attached hydrogens (primary N) is 2. The normalized spacial score (nSPS) is 27.4. The first-order valence-corrected chi connectivity index (χ1v) is 31.0. The number of aliphatic hydroxyl groups is 9. The van der Waals surface area contributed by atoms with Crippen LogP contribution in [-0.2, 0) is 47.6 Å². The molecule has 0 saturated carbocycles. The van der Waals surface area contributed by atoms with Crippen LogP contribution in [0.25, 0.3) is 0 Å². The second-order valence-corrected chi connectivity index (χ2v) is 23.3. The predicted octanol–water partition coefficient (Wildman–Crippen LogP) is -1.56. The Labute approximate surface area is 616 Å². The molecule has 3 amide bonds. The highest BCUT2D eigenvalue weighted by Gasteiger charge is 2.64. The van der Waals surface area contributed by atoms with Gasteiger partial charge in [-0.3, -0.25) is 42.0 Å². The number of alkyl halides is 10. The van der Waals surface area contributed by atoms with Crippen molar-refractivity contribution in [1.29, 1.82) is 4.29 Å². The number of amides is 3. The van der Waals surface area contributed by atoms with Gasteiger partial charge in [-0.25, -0.2) is 24.0 Å². The first-order valence-electron chi connectivity index (χ1n) is 34.4. The number of esters is 1. The lowest BCUT2D eigenvalue weighted by Crippen LogP contribution is -2.44. The van der Waals surface area contributed by atoms with Crippen LogP contribution in [0, 0.1) is 11.8 Å². The molecule has 10 heterocycles. The van der Waals surface area contributed by atoms with Gasteiger partial charge in [0.25, 0.3) is 0 Å². The summed E-state index contributed by atoms with van der Waals surface area (Å²) >= 11 is 0. The number of rotatable bonds is 13. The van der Waals surface area contributed by atoms with Gasteiger partial charge >= 0.3 is 64.0 Å². The van der Waals surface area contributed by atoms with Crippen molar-refractivity contribution in [3.8, 4) is 0 Å². The summed E-state index contributed by atoms with van der Waals surface area (Å²) in [4.78, 5) is 121. The zero-order valence-corrected chi connectivity index (χ0v) is 58.6. The molecule has 5 fully saturated rings. The highest BCUT2D eigenvalue weighted by Crippen LogP contribution is 2.47. The Hall–Kier alpha value is -9.38. The maximum absolute atomic E-state index is 14.9. The first-order chi connectivity index (χ1) is 53.5. The second-order valence-electron chi connectivity index (χ2n) is 23.3. The van der Waals surface area contributed by atoms with E-state index in [1.54, 1.807) is 13.8 Å². The molecule has 5 aromatic rings. The summed E-state index contributed by atoms with van der Waals surface area (Å²) in [6.45, 7) is 5.36. The third kappa shape index (κ3) is 22.2. The Morgan fingerprint density at radius 2 is 0.761 bits per heavy atom. The number of nitrogens with one attached hydrogen (secondary N) is 3. The van der Waals surface area contributed by atoms with E-state index in [1.165, 1.54) is 61.2 Å². The van der Waals surface area contributed by atoms with Crippen LogP contribution in [0.2, 0.25) is 0 Å². The lowest BCUT2D eigenvalue weighted by atomic mass is 10.1. The van der Waals surface area contributed by atoms with Gasteiger partial charge in [0.05, 0.1) is 31.3 Å².